The van der Waals surface area contributed by atoms with Crippen molar-refractivity contribution >= 4 is 17.3 Å². The van der Waals surface area contributed by atoms with E-state index in [-0.39, 0.29) is 11.3 Å². The Morgan fingerprint density at radius 1 is 1.18 bits per heavy atom. The van der Waals surface area contributed by atoms with E-state index in [4.69, 9.17) is 0 Å². The van der Waals surface area contributed by atoms with Gasteiger partial charge in [0.25, 0.3) is 18.0 Å². The van der Waals surface area contributed by atoms with Gasteiger partial charge in [0.1, 0.15) is 5.82 Å². The van der Waals surface area contributed by atoms with Crippen LogP contribution in [0.5, 0.6) is 0 Å². The molecule has 2 rings (SSSR count). The van der Waals surface area contributed by atoms with Crippen molar-refractivity contribution in [1.29, 1.82) is 0 Å². The quantitative estimate of drug-likeness (QED) is 0.687. The van der Waals surface area contributed by atoms with Crippen molar-refractivity contribution in [3.8, 4) is 0 Å². The molecule has 0 aliphatic rings. The molecule has 22 heavy (non-hydrogen) atoms. The minimum absolute atomic E-state index is 0.0700. The van der Waals surface area contributed by atoms with Crippen LogP contribution in [0.1, 0.15) is 22.3 Å². The summed E-state index contributed by atoms with van der Waals surface area (Å²) >= 11 is 0. The number of carbonyl (C=O) groups is 1. The van der Waals surface area contributed by atoms with Crippen LogP contribution < -0.4 is 5.32 Å². The first-order valence-corrected chi connectivity index (χ1v) is 6.02. The van der Waals surface area contributed by atoms with Crippen LogP contribution in [0.4, 0.5) is 24.5 Å². The van der Waals surface area contributed by atoms with Crippen molar-refractivity contribution < 1.29 is 22.9 Å². The Kier molecular flexibility index (Phi) is 4.40. The lowest BCUT2D eigenvalue weighted by atomic mass is 10.1. The Morgan fingerprint density at radius 3 is 2.50 bits per heavy atom. The summed E-state index contributed by atoms with van der Waals surface area (Å²) in [6.07, 6.45) is -2.70. The minimum atomic E-state index is -2.70. The fraction of sp³-hybridized carbons (Fsp3) is 0.0714. The second-order valence-corrected chi connectivity index (χ2v) is 4.30. The van der Waals surface area contributed by atoms with Crippen molar-refractivity contribution in [2.75, 3.05) is 5.32 Å². The average molecular weight is 310 g/mol. The van der Waals surface area contributed by atoms with Gasteiger partial charge in [-0.05, 0) is 18.2 Å². The Morgan fingerprint density at radius 2 is 1.91 bits per heavy atom. The van der Waals surface area contributed by atoms with E-state index in [2.05, 4.69) is 5.32 Å². The lowest BCUT2D eigenvalue weighted by Crippen LogP contribution is -2.14. The largest absolute Gasteiger partial charge is 0.322 e. The molecule has 0 atom stereocenters. The van der Waals surface area contributed by atoms with Crippen LogP contribution in [-0.2, 0) is 0 Å². The number of hydrogen-bond acceptors (Lipinski definition) is 3. The molecule has 0 heterocycles. The van der Waals surface area contributed by atoms with Crippen LogP contribution in [0.15, 0.2) is 42.5 Å². The molecule has 2 aromatic carbocycles. The van der Waals surface area contributed by atoms with Crippen LogP contribution in [0.25, 0.3) is 0 Å². The molecule has 0 spiro atoms. The third-order valence-electron chi connectivity index (χ3n) is 2.80. The second kappa shape index (κ2) is 6.25. The van der Waals surface area contributed by atoms with Gasteiger partial charge in [0.05, 0.1) is 16.6 Å². The number of nitrogens with zero attached hydrogens (tertiary/aromatic N) is 1. The molecule has 1 N–H and O–H groups in total. The van der Waals surface area contributed by atoms with E-state index in [0.29, 0.717) is 6.07 Å². The first-order valence-electron chi connectivity index (χ1n) is 6.02. The van der Waals surface area contributed by atoms with Crippen LogP contribution in [-0.4, -0.2) is 10.8 Å². The number of anilines is 1. The van der Waals surface area contributed by atoms with Gasteiger partial charge in [0.15, 0.2) is 0 Å². The van der Waals surface area contributed by atoms with Gasteiger partial charge < -0.3 is 5.32 Å². The summed E-state index contributed by atoms with van der Waals surface area (Å²) in [5, 5.41) is 12.8. The summed E-state index contributed by atoms with van der Waals surface area (Å²) in [5.74, 6) is -1.96. The third-order valence-corrected chi connectivity index (χ3v) is 2.80. The Hall–Kier alpha value is -2.90. The topological polar surface area (TPSA) is 72.2 Å². The number of nitrogens with one attached hydrogen (secondary N) is 1. The van der Waals surface area contributed by atoms with E-state index < -0.39 is 34.3 Å². The molecule has 5 nitrogen and oxygen atoms in total. The number of benzene rings is 2. The monoisotopic (exact) mass is 310 g/mol. The summed E-state index contributed by atoms with van der Waals surface area (Å²) in [6.45, 7) is 0. The number of nitro benzene ring substituents is 1. The van der Waals surface area contributed by atoms with E-state index in [1.54, 1.807) is 0 Å². The summed E-state index contributed by atoms with van der Waals surface area (Å²) in [7, 11) is 0. The highest BCUT2D eigenvalue weighted by molar-refractivity contribution is 6.04. The minimum Gasteiger partial charge on any atom is -0.322 e. The zero-order chi connectivity index (χ0) is 16.3. The highest BCUT2D eigenvalue weighted by Gasteiger charge is 2.17. The molecule has 0 aromatic heterocycles. The van der Waals surface area contributed by atoms with Crippen LogP contribution in [0, 0.1) is 15.9 Å². The molecule has 8 heteroatoms. The average Bonchev–Trinajstić information content (AvgIpc) is 2.47. The molecule has 0 aliphatic carbocycles. The number of nitro groups is 1. The number of amides is 1. The van der Waals surface area contributed by atoms with Crippen molar-refractivity contribution in [2.24, 2.45) is 0 Å². The van der Waals surface area contributed by atoms with E-state index >= 15 is 0 Å². The van der Waals surface area contributed by atoms with Crippen molar-refractivity contribution in [3.05, 3.63) is 69.5 Å². The maximum Gasteiger partial charge on any atom is 0.272 e. The number of hydrogen-bond donors (Lipinski definition) is 1. The van der Waals surface area contributed by atoms with Gasteiger partial charge in [-0.2, -0.15) is 0 Å². The van der Waals surface area contributed by atoms with Gasteiger partial charge in [0.2, 0.25) is 0 Å². The first-order chi connectivity index (χ1) is 10.4. The van der Waals surface area contributed by atoms with E-state index in [0.717, 1.165) is 18.2 Å². The summed E-state index contributed by atoms with van der Waals surface area (Å²) < 4.78 is 38.8. The molecule has 0 radical (unpaired) electrons. The molecule has 0 unspecified atom stereocenters. The van der Waals surface area contributed by atoms with Crippen LogP contribution in [0.2, 0.25) is 0 Å². The standard InChI is InChI=1S/C14H9F3N2O3/c15-12-7-10(19(21)22)4-5-11(12)14(20)18-9-3-1-2-8(6-9)13(16)17/h1-7,13H,(H,18,20). The number of non-ortho nitro benzene ring substituents is 1. The van der Waals surface area contributed by atoms with E-state index in [9.17, 15) is 28.1 Å². The van der Waals surface area contributed by atoms with Gasteiger partial charge >= 0.3 is 0 Å². The van der Waals surface area contributed by atoms with Gasteiger partial charge in [-0.3, -0.25) is 14.9 Å². The van der Waals surface area contributed by atoms with Gasteiger partial charge in [-0.1, -0.05) is 12.1 Å². The molecule has 114 valence electrons. The molecule has 0 fully saturated rings. The number of carbonyl (C=O) groups excluding carboxylic acids is 1. The first kappa shape index (κ1) is 15.5. The zero-order valence-corrected chi connectivity index (χ0v) is 10.9. The molecule has 0 saturated heterocycles. The lowest BCUT2D eigenvalue weighted by molar-refractivity contribution is -0.385. The number of alkyl halides is 2. The Bertz CT molecular complexity index is 735. The maximum absolute atomic E-state index is 13.7. The van der Waals surface area contributed by atoms with Crippen LogP contribution >= 0.6 is 0 Å². The summed E-state index contributed by atoms with van der Waals surface area (Å²) in [6, 6.07) is 7.49. The van der Waals surface area contributed by atoms with E-state index in [1.165, 1.54) is 18.2 Å². The smallest absolute Gasteiger partial charge is 0.272 e. The Labute approximate surface area is 122 Å². The predicted molar refractivity (Wildman–Crippen MR) is 72.4 cm³/mol. The number of halogens is 3. The molecule has 2 aromatic rings. The normalized spacial score (nSPS) is 10.5. The highest BCUT2D eigenvalue weighted by Crippen LogP contribution is 2.23. The van der Waals surface area contributed by atoms with Gasteiger partial charge in [0, 0.05) is 17.3 Å². The maximum atomic E-state index is 13.7. The zero-order valence-electron chi connectivity index (χ0n) is 10.9. The third kappa shape index (κ3) is 3.40. The Balaban J connectivity index is 2.22. The van der Waals surface area contributed by atoms with Gasteiger partial charge in [-0.25, -0.2) is 13.2 Å². The molecular formula is C14H9F3N2O3. The van der Waals surface area contributed by atoms with Crippen molar-refractivity contribution in [3.63, 3.8) is 0 Å². The fourth-order valence-electron chi connectivity index (χ4n) is 1.75. The molecular weight excluding hydrogens is 301 g/mol. The van der Waals surface area contributed by atoms with Crippen LogP contribution in [0.3, 0.4) is 0 Å². The lowest BCUT2D eigenvalue weighted by Gasteiger charge is -2.08. The summed E-state index contributed by atoms with van der Waals surface area (Å²) in [5.41, 5.74) is -1.13. The van der Waals surface area contributed by atoms with Crippen molar-refractivity contribution in [2.45, 2.75) is 6.43 Å². The van der Waals surface area contributed by atoms with Gasteiger partial charge in [-0.15, -0.1) is 0 Å². The fourth-order valence-corrected chi connectivity index (χ4v) is 1.75. The SMILES string of the molecule is O=C(Nc1cccc(C(F)F)c1)c1ccc([N+](=O)[O-])cc1F. The molecule has 0 saturated carbocycles. The predicted octanol–water partition coefficient (Wildman–Crippen LogP) is 3.92. The van der Waals surface area contributed by atoms with Crippen molar-refractivity contribution in [1.82, 2.24) is 0 Å². The number of rotatable bonds is 4. The summed E-state index contributed by atoms with van der Waals surface area (Å²) in [4.78, 5) is 21.6. The highest BCUT2D eigenvalue weighted by atomic mass is 19.3. The molecule has 1 amide bonds. The van der Waals surface area contributed by atoms with E-state index in [1.807, 2.05) is 0 Å². The molecule has 0 bridgehead atoms. The second-order valence-electron chi connectivity index (χ2n) is 4.30. The molecule has 0 aliphatic heterocycles.